The Kier molecular flexibility index (Phi) is 5.15. The van der Waals surface area contributed by atoms with Gasteiger partial charge in [0, 0.05) is 25.1 Å². The van der Waals surface area contributed by atoms with Gasteiger partial charge in [0.15, 0.2) is 5.78 Å². The summed E-state index contributed by atoms with van der Waals surface area (Å²) in [7, 11) is 1.58. The minimum absolute atomic E-state index is 0.0761. The molecule has 0 heterocycles. The Labute approximate surface area is 96.6 Å². The number of hydrogen-bond donors (Lipinski definition) is 1. The normalized spacial score (nSPS) is 12.4. The van der Waals surface area contributed by atoms with Gasteiger partial charge in [0.2, 0.25) is 0 Å². The van der Waals surface area contributed by atoms with E-state index >= 15 is 0 Å². The van der Waals surface area contributed by atoms with Crippen LogP contribution in [0.15, 0.2) is 24.3 Å². The minimum Gasteiger partial charge on any atom is -0.383 e. The summed E-state index contributed by atoms with van der Waals surface area (Å²) in [5, 5.41) is 0. The highest BCUT2D eigenvalue weighted by Crippen LogP contribution is 2.08. The van der Waals surface area contributed by atoms with E-state index in [-0.39, 0.29) is 11.8 Å². The largest absolute Gasteiger partial charge is 0.383 e. The molecule has 1 unspecified atom stereocenters. The summed E-state index contributed by atoms with van der Waals surface area (Å²) in [5.74, 6) is 0.0761. The monoisotopic (exact) mass is 221 g/mol. The molecule has 3 heteroatoms. The first-order valence-corrected chi connectivity index (χ1v) is 5.54. The second-order valence-electron chi connectivity index (χ2n) is 3.89. The molecule has 88 valence electrons. The zero-order valence-electron chi connectivity index (χ0n) is 9.90. The van der Waals surface area contributed by atoms with E-state index in [9.17, 15) is 4.79 Å². The molecule has 0 aromatic heterocycles. The molecular weight excluding hydrogens is 202 g/mol. The van der Waals surface area contributed by atoms with Crippen molar-refractivity contribution in [3.8, 4) is 0 Å². The maximum atomic E-state index is 11.8. The van der Waals surface area contributed by atoms with E-state index in [1.54, 1.807) is 7.11 Å². The summed E-state index contributed by atoms with van der Waals surface area (Å²) in [4.78, 5) is 11.8. The summed E-state index contributed by atoms with van der Waals surface area (Å²) in [6.07, 6.45) is 1.32. The molecule has 2 N–H and O–H groups in total. The number of aryl methyl sites for hydroxylation is 1. The quantitative estimate of drug-likeness (QED) is 0.745. The highest BCUT2D eigenvalue weighted by atomic mass is 16.5. The fourth-order valence-corrected chi connectivity index (χ4v) is 1.56. The molecule has 1 atom stereocenters. The highest BCUT2D eigenvalue weighted by molar-refractivity contribution is 5.96. The number of carbonyl (C=O) groups is 1. The Balaban J connectivity index is 2.59. The van der Waals surface area contributed by atoms with Gasteiger partial charge >= 0.3 is 0 Å². The number of ether oxygens (including phenoxy) is 1. The Morgan fingerprint density at radius 2 is 2.00 bits per heavy atom. The molecule has 1 rings (SSSR count). The summed E-state index contributed by atoms with van der Waals surface area (Å²) in [6.45, 7) is 2.50. The van der Waals surface area contributed by atoms with Crippen LogP contribution in [0, 0.1) is 0 Å². The third-order valence-corrected chi connectivity index (χ3v) is 2.51. The number of hydrogen-bond acceptors (Lipinski definition) is 3. The molecule has 0 amide bonds. The van der Waals surface area contributed by atoms with Gasteiger partial charge in [-0.15, -0.1) is 0 Å². The van der Waals surface area contributed by atoms with E-state index in [1.165, 1.54) is 5.56 Å². The zero-order valence-corrected chi connectivity index (χ0v) is 9.90. The van der Waals surface area contributed by atoms with Crippen molar-refractivity contribution in [2.24, 2.45) is 5.73 Å². The fourth-order valence-electron chi connectivity index (χ4n) is 1.56. The Bertz CT molecular complexity index is 332. The van der Waals surface area contributed by atoms with Crippen LogP contribution in [0.25, 0.3) is 0 Å². The van der Waals surface area contributed by atoms with Gasteiger partial charge in [0.25, 0.3) is 0 Å². The van der Waals surface area contributed by atoms with Crippen molar-refractivity contribution in [1.82, 2.24) is 0 Å². The van der Waals surface area contributed by atoms with Crippen LogP contribution >= 0.6 is 0 Å². The van der Waals surface area contributed by atoms with Crippen LogP contribution < -0.4 is 5.73 Å². The first-order valence-electron chi connectivity index (χ1n) is 5.54. The second kappa shape index (κ2) is 6.40. The first kappa shape index (κ1) is 12.9. The maximum Gasteiger partial charge on any atom is 0.164 e. The lowest BCUT2D eigenvalue weighted by atomic mass is 10.0. The van der Waals surface area contributed by atoms with Crippen LogP contribution in [0.2, 0.25) is 0 Å². The van der Waals surface area contributed by atoms with Crippen molar-refractivity contribution in [2.75, 3.05) is 13.7 Å². The summed E-state index contributed by atoms with van der Waals surface area (Å²) >= 11 is 0. The number of methoxy groups -OCH3 is 1. The van der Waals surface area contributed by atoms with Crippen molar-refractivity contribution < 1.29 is 9.53 Å². The van der Waals surface area contributed by atoms with Gasteiger partial charge in [-0.2, -0.15) is 0 Å². The predicted octanol–water partition coefficient (Wildman–Crippen LogP) is 1.80. The Morgan fingerprint density at radius 3 is 2.50 bits per heavy atom. The second-order valence-corrected chi connectivity index (χ2v) is 3.89. The molecule has 0 saturated carbocycles. The highest BCUT2D eigenvalue weighted by Gasteiger charge is 2.11. The zero-order chi connectivity index (χ0) is 12.0. The first-order chi connectivity index (χ1) is 7.67. The van der Waals surface area contributed by atoms with Crippen molar-refractivity contribution in [1.29, 1.82) is 0 Å². The molecule has 0 aliphatic heterocycles. The van der Waals surface area contributed by atoms with Crippen molar-refractivity contribution in [3.63, 3.8) is 0 Å². The lowest BCUT2D eigenvalue weighted by Crippen LogP contribution is -2.28. The van der Waals surface area contributed by atoms with Gasteiger partial charge in [-0.3, -0.25) is 4.79 Å². The molecule has 1 aromatic rings. The van der Waals surface area contributed by atoms with E-state index in [4.69, 9.17) is 10.5 Å². The number of carbonyl (C=O) groups excluding carboxylic acids is 1. The van der Waals surface area contributed by atoms with Crippen LogP contribution in [-0.4, -0.2) is 25.5 Å². The van der Waals surface area contributed by atoms with Crippen molar-refractivity contribution in [2.45, 2.75) is 25.8 Å². The van der Waals surface area contributed by atoms with E-state index in [1.807, 2.05) is 24.3 Å². The van der Waals surface area contributed by atoms with Crippen LogP contribution in [0.1, 0.15) is 29.3 Å². The molecule has 0 aliphatic carbocycles. The number of Topliss-reactive ketones (excluding diaryl/α,β-unsaturated/α-hetero) is 1. The van der Waals surface area contributed by atoms with Gasteiger partial charge in [-0.25, -0.2) is 0 Å². The van der Waals surface area contributed by atoms with Crippen molar-refractivity contribution in [3.05, 3.63) is 35.4 Å². The molecule has 1 aromatic carbocycles. The maximum absolute atomic E-state index is 11.8. The molecule has 3 nitrogen and oxygen atoms in total. The topological polar surface area (TPSA) is 52.3 Å². The van der Waals surface area contributed by atoms with Gasteiger partial charge in [0.1, 0.15) is 0 Å². The van der Waals surface area contributed by atoms with E-state index < -0.39 is 0 Å². The Hall–Kier alpha value is -1.19. The molecule has 0 fully saturated rings. The third-order valence-electron chi connectivity index (χ3n) is 2.51. The third kappa shape index (κ3) is 3.76. The predicted molar refractivity (Wildman–Crippen MR) is 64.6 cm³/mol. The van der Waals surface area contributed by atoms with Crippen LogP contribution in [0.5, 0.6) is 0 Å². The lowest BCUT2D eigenvalue weighted by Gasteiger charge is -2.09. The molecule has 16 heavy (non-hydrogen) atoms. The van der Waals surface area contributed by atoms with Gasteiger partial charge < -0.3 is 10.5 Å². The summed E-state index contributed by atoms with van der Waals surface area (Å²) in [6, 6.07) is 7.47. The molecular formula is C13H19NO2. The summed E-state index contributed by atoms with van der Waals surface area (Å²) in [5.41, 5.74) is 7.69. The van der Waals surface area contributed by atoms with Gasteiger partial charge in [-0.05, 0) is 12.0 Å². The van der Waals surface area contributed by atoms with Crippen LogP contribution in [-0.2, 0) is 11.2 Å². The molecule has 0 spiro atoms. The average Bonchev–Trinajstić information content (AvgIpc) is 2.29. The molecule has 0 aliphatic rings. The summed E-state index contributed by atoms with van der Waals surface area (Å²) < 4.78 is 4.90. The fraction of sp³-hybridized carbons (Fsp3) is 0.462. The van der Waals surface area contributed by atoms with E-state index in [2.05, 4.69) is 6.92 Å². The van der Waals surface area contributed by atoms with E-state index in [0.717, 1.165) is 12.0 Å². The number of ketones is 1. The van der Waals surface area contributed by atoms with Gasteiger partial charge in [-0.1, -0.05) is 31.2 Å². The molecule has 0 saturated heterocycles. The number of benzene rings is 1. The molecule has 0 bridgehead atoms. The lowest BCUT2D eigenvalue weighted by molar-refractivity contribution is 0.0949. The molecule has 0 radical (unpaired) electrons. The number of rotatable bonds is 6. The van der Waals surface area contributed by atoms with Crippen LogP contribution in [0.4, 0.5) is 0 Å². The van der Waals surface area contributed by atoms with Crippen LogP contribution in [0.3, 0.4) is 0 Å². The standard InChI is InChI=1S/C13H19NO2/c1-3-10-4-6-11(7-5-10)13(15)8-12(14)9-16-2/h4-7,12H,3,8-9,14H2,1-2H3. The average molecular weight is 221 g/mol. The van der Waals surface area contributed by atoms with Gasteiger partial charge in [0.05, 0.1) is 6.61 Å². The van der Waals surface area contributed by atoms with Crippen molar-refractivity contribution >= 4 is 5.78 Å². The SMILES string of the molecule is CCc1ccc(C(=O)CC(N)COC)cc1. The number of nitrogens with two attached hydrogens (primary N) is 1. The Morgan fingerprint density at radius 1 is 1.38 bits per heavy atom. The minimum atomic E-state index is -0.219. The van der Waals surface area contributed by atoms with E-state index in [0.29, 0.717) is 13.0 Å². The smallest absolute Gasteiger partial charge is 0.164 e.